The van der Waals surface area contributed by atoms with Crippen molar-refractivity contribution in [3.05, 3.63) is 119 Å². The summed E-state index contributed by atoms with van der Waals surface area (Å²) in [5, 5.41) is 72.5. The fourth-order valence-electron chi connectivity index (χ4n) is 24.1. The Morgan fingerprint density at radius 2 is 0.847 bits per heavy atom. The van der Waals surface area contributed by atoms with Crippen LogP contribution in [0.5, 0.6) is 0 Å². The van der Waals surface area contributed by atoms with Gasteiger partial charge in [-0.15, -0.1) is 0 Å². The van der Waals surface area contributed by atoms with Crippen molar-refractivity contribution < 1.29 is 126 Å². The maximum absolute atomic E-state index is 14.5. The molecule has 0 spiro atoms. The van der Waals surface area contributed by atoms with Crippen molar-refractivity contribution in [3.8, 4) is 0 Å². The summed E-state index contributed by atoms with van der Waals surface area (Å²) in [5.74, 6) is -17.1. The van der Waals surface area contributed by atoms with Crippen molar-refractivity contribution in [2.75, 3.05) is 51.7 Å². The van der Waals surface area contributed by atoms with Crippen LogP contribution in [0.1, 0.15) is 278 Å². The molecule has 2 amide bonds. The topological polar surface area (TPSA) is 397 Å². The normalized spacial score (nSPS) is 39.0. The molecule has 802 valence electrons. The molecule has 10 heterocycles. The molecule has 14 rings (SSSR count). The summed E-state index contributed by atoms with van der Waals surface area (Å²) < 4.78 is 48.4. The number of aliphatic hydroxyl groups is 6. The van der Waals surface area contributed by atoms with Crippen LogP contribution >= 0.6 is 0 Å². The standard InChI is InChI=1S/C57H86N2O13.C57H84N2O13/c2*1-33-26-37(5)52(62)40(8)53(63)38(6)27-34(2)48(61)32-50(35(3)28-41-20-24-47(60)51(30-41)69-10)70-56(66)46-18-14-15-25-58(46)55(65)54(64)57(67)39(7)19-21-43(71-57)31-49(68-9)36(4)29-44-22-23-45(33)59(72-44)42-16-12-11-13-17-42/h11-13,16-17,27,29,33-35,37,39-41,43-47,49-51,53,60,63,67H,14-15,18-26,28,30-32H2,1-10H3;11-13,16-17,22-23,27,29,33-35,37,39-41,43-47,49-51,53,60,63,67H,14-15,18-21,24-26,28,30-32H2,1-10H3/b2*36-29?,38-27+. The second-order valence-corrected chi connectivity index (χ2v) is 44.5. The smallest absolute Gasteiger partial charge is 0.329 e. The Kier molecular flexibility index (Phi) is 42.8. The van der Waals surface area contributed by atoms with Crippen LogP contribution < -0.4 is 10.1 Å². The maximum atomic E-state index is 14.5. The lowest BCUT2D eigenvalue weighted by Gasteiger charge is -2.43. The number of esters is 2. The number of hydrogen-bond acceptors (Lipinski definition) is 28. The number of carbonyl (C=O) groups is 10. The van der Waals surface area contributed by atoms with E-state index in [2.05, 4.69) is 19.9 Å². The molecule has 0 radical (unpaired) electrons. The van der Waals surface area contributed by atoms with Gasteiger partial charge in [0.2, 0.25) is 11.6 Å². The second kappa shape index (κ2) is 53.0. The highest BCUT2D eigenvalue weighted by molar-refractivity contribution is 6.39. The molecule has 6 N–H and O–H groups in total. The minimum atomic E-state index is -2.47. The van der Waals surface area contributed by atoms with E-state index in [9.17, 15) is 78.6 Å². The highest BCUT2D eigenvalue weighted by atomic mass is 16.7. The molecule has 2 aromatic carbocycles. The van der Waals surface area contributed by atoms with Crippen LogP contribution in [0.2, 0.25) is 0 Å². The van der Waals surface area contributed by atoms with E-state index in [-0.39, 0.29) is 140 Å². The number of ether oxygens (including phenoxy) is 8. The number of anilines is 2. The van der Waals surface area contributed by atoms with Crippen molar-refractivity contribution in [1.82, 2.24) is 9.80 Å². The predicted octanol–water partition coefficient (Wildman–Crippen LogP) is 15.1. The number of allylic oxidation sites excluding steroid dienone is 2. The third kappa shape index (κ3) is 29.0. The number of piperidine rings is 2. The Morgan fingerprint density at radius 3 is 1.27 bits per heavy atom. The van der Waals surface area contributed by atoms with Gasteiger partial charge in [-0.3, -0.25) is 53.1 Å². The number of hydrogen-bond donors (Lipinski definition) is 6. The number of Topliss-reactive ketones (excluding diaryl/α,β-unsaturated/α-hetero) is 6. The van der Waals surface area contributed by atoms with Gasteiger partial charge in [-0.2, -0.15) is 0 Å². The average Bonchev–Trinajstić information content (AvgIpc) is 0.788. The minimum Gasteiger partial charge on any atom is -0.460 e. The van der Waals surface area contributed by atoms with Crippen LogP contribution in [0.25, 0.3) is 0 Å². The number of aliphatic hydroxyl groups excluding tert-OH is 4. The minimum absolute atomic E-state index is 0.0204. The van der Waals surface area contributed by atoms with Crippen molar-refractivity contribution in [2.24, 2.45) is 82.9 Å². The van der Waals surface area contributed by atoms with Gasteiger partial charge in [0.05, 0.1) is 84.5 Å². The Morgan fingerprint density at radius 1 is 0.431 bits per heavy atom. The van der Waals surface area contributed by atoms with E-state index in [1.165, 1.54) is 9.80 Å². The van der Waals surface area contributed by atoms with Gasteiger partial charge in [0.25, 0.3) is 23.4 Å². The van der Waals surface area contributed by atoms with Crippen LogP contribution in [0.3, 0.4) is 0 Å². The molecule has 30 nitrogen and oxygen atoms in total. The molecular formula is C114H170N4O26. The quantitative estimate of drug-likeness (QED) is 0.0653. The van der Waals surface area contributed by atoms with Gasteiger partial charge in [-0.25, -0.2) is 14.7 Å². The summed E-state index contributed by atoms with van der Waals surface area (Å²) in [6.45, 7) is 29.6. The number of para-hydroxylation sites is 2. The van der Waals surface area contributed by atoms with E-state index >= 15 is 0 Å². The molecule has 30 heteroatoms. The number of nitrogens with zero attached hydrogens (tertiary/aromatic N) is 4. The van der Waals surface area contributed by atoms with E-state index in [0.717, 1.165) is 41.8 Å². The van der Waals surface area contributed by atoms with Gasteiger partial charge in [0.1, 0.15) is 59.6 Å². The van der Waals surface area contributed by atoms with Gasteiger partial charge in [0.15, 0.2) is 0 Å². The number of fused-ring (bicyclic) bond motifs is 33. The van der Waals surface area contributed by atoms with Crippen molar-refractivity contribution in [2.45, 2.75) is 399 Å². The molecule has 144 heavy (non-hydrogen) atoms. The van der Waals surface area contributed by atoms with E-state index in [4.69, 9.17) is 47.6 Å². The lowest BCUT2D eigenvalue weighted by molar-refractivity contribution is -0.265. The lowest BCUT2D eigenvalue weighted by atomic mass is 9.78. The molecule has 34 unspecified atom stereocenters. The first kappa shape index (κ1) is 116. The highest BCUT2D eigenvalue weighted by Gasteiger charge is 2.56. The summed E-state index contributed by atoms with van der Waals surface area (Å²) in [5.41, 5.74) is 4.39. The summed E-state index contributed by atoms with van der Waals surface area (Å²) in [6, 6.07) is 17.0. The molecule has 5 saturated heterocycles. The first-order valence-corrected chi connectivity index (χ1v) is 53.7. The number of hydroxylamine groups is 2. The largest absolute Gasteiger partial charge is 0.460 e. The highest BCUT2D eigenvalue weighted by Crippen LogP contribution is 2.45. The number of amides is 2. The van der Waals surface area contributed by atoms with E-state index in [0.29, 0.717) is 127 Å². The van der Waals surface area contributed by atoms with Gasteiger partial charge >= 0.3 is 11.9 Å². The van der Waals surface area contributed by atoms with Crippen molar-refractivity contribution >= 4 is 69.8 Å². The average molecular weight is 2010 g/mol. The first-order valence-electron chi connectivity index (χ1n) is 53.7. The maximum Gasteiger partial charge on any atom is 0.329 e. The summed E-state index contributed by atoms with van der Waals surface area (Å²) in [7, 11) is 6.33. The molecule has 2 aromatic rings. The Labute approximate surface area is 854 Å². The molecule has 8 bridgehead atoms. The van der Waals surface area contributed by atoms with E-state index in [1.807, 2.05) is 131 Å². The predicted molar refractivity (Wildman–Crippen MR) is 544 cm³/mol. The fraction of sp³-hybridized carbons (Fsp3) is 0.719. The zero-order valence-corrected chi connectivity index (χ0v) is 89.1. The molecular weight excluding hydrogens is 1840 g/mol. The van der Waals surface area contributed by atoms with Crippen LogP contribution in [-0.2, 0) is 95.5 Å². The molecule has 10 aliphatic heterocycles. The Bertz CT molecular complexity index is 4790. The van der Waals surface area contributed by atoms with Crippen LogP contribution in [0, 0.1) is 82.9 Å². The van der Waals surface area contributed by atoms with E-state index in [1.54, 1.807) is 96.0 Å². The number of rotatable bonds is 12. The van der Waals surface area contributed by atoms with Gasteiger partial charge in [0, 0.05) is 115 Å². The summed E-state index contributed by atoms with van der Waals surface area (Å²) in [6.07, 6.45) is 14.5. The molecule has 12 aliphatic rings. The zero-order valence-electron chi connectivity index (χ0n) is 89.1. The first-order chi connectivity index (χ1) is 68.3. The third-order valence-electron chi connectivity index (χ3n) is 33.6. The number of methoxy groups -OCH3 is 4. The van der Waals surface area contributed by atoms with Gasteiger partial charge in [-0.1, -0.05) is 150 Å². The van der Waals surface area contributed by atoms with Gasteiger partial charge < -0.3 is 78.3 Å². The number of carbonyl (C=O) groups excluding carboxylic acids is 10. The van der Waals surface area contributed by atoms with Crippen LogP contribution in [0.15, 0.2) is 119 Å². The van der Waals surface area contributed by atoms with Crippen molar-refractivity contribution in [3.63, 3.8) is 0 Å². The Hall–Kier alpha value is -7.92. The van der Waals surface area contributed by atoms with Crippen LogP contribution in [-0.4, -0.2) is 262 Å². The molecule has 34 atom stereocenters. The van der Waals surface area contributed by atoms with Gasteiger partial charge in [-0.05, 0) is 257 Å². The molecule has 0 aromatic heterocycles. The monoisotopic (exact) mass is 2010 g/mol. The number of benzene rings is 2. The number of ketones is 6. The van der Waals surface area contributed by atoms with Crippen molar-refractivity contribution in [1.29, 1.82) is 0 Å². The molecule has 2 aliphatic carbocycles. The summed E-state index contributed by atoms with van der Waals surface area (Å²) >= 11 is 0. The van der Waals surface area contributed by atoms with E-state index < -0.39 is 168 Å². The fourth-order valence-corrected chi connectivity index (χ4v) is 24.1. The third-order valence-corrected chi connectivity index (χ3v) is 33.6. The van der Waals surface area contributed by atoms with Crippen LogP contribution in [0.4, 0.5) is 11.4 Å². The lowest BCUT2D eigenvalue weighted by Crippen LogP contribution is -2.61. The molecule has 2 saturated carbocycles. The summed E-state index contributed by atoms with van der Waals surface area (Å²) in [4.78, 5) is 159. The molecule has 7 fully saturated rings. The zero-order chi connectivity index (χ0) is 105. The Balaban J connectivity index is 0.000000274. The SMILES string of the molecule is COC1CC2CCC(C)C(O)(O2)C(=O)C(=O)N2CCCCC2C(=O)OC(C(C)CC2CCC(O)C(OC)C2)CC(=O)C(C)/C=C(\C)C(O)C(C)C(=O)C(C)CC(C)C2C=CC(C=C1C)ON2c1ccccc1.COC1CC2CCC(C)C(O)(O2)C(=O)C(=O)N2CCCCC2C(=O)OC(C(C)CC2CCC(O)C(OC)C2)CC(=O)C(C)/C=C(\C)C(O)C(C)C(=O)C(C)CC(C)C2CCC(C=C1C)ON2c1ccccc1. The second-order valence-electron chi connectivity index (χ2n) is 44.5.